The number of benzene rings is 2. The van der Waals surface area contributed by atoms with E-state index < -0.39 is 47.3 Å². The van der Waals surface area contributed by atoms with Gasteiger partial charge in [0.15, 0.2) is 0 Å². The van der Waals surface area contributed by atoms with Crippen LogP contribution in [0, 0.1) is 0 Å². The fourth-order valence-corrected chi connectivity index (χ4v) is 4.45. The monoisotopic (exact) mass is 530 g/mol. The van der Waals surface area contributed by atoms with E-state index in [4.69, 9.17) is 26.2 Å². The van der Waals surface area contributed by atoms with Crippen LogP contribution in [0.1, 0.15) is 35.6 Å². The number of halogens is 1. The fraction of sp³-hybridized carbons (Fsp3) is 0.478. The maximum absolute atomic E-state index is 10.8. The van der Waals surface area contributed by atoms with Crippen molar-refractivity contribution in [1.82, 2.24) is 4.72 Å². The van der Waals surface area contributed by atoms with Gasteiger partial charge in [0.1, 0.15) is 36.3 Å². The standard InChI is InChI=1S/C23H31ClN2O8S/c24-18-8-5-15(23-22(30)21(29)20(28)19(13-27)34-23)12-16(18)11-14-3-6-17(7-4-14)33-10-2-1-9-26-35(25,31)32/h3-8,12,19-23,26-30H,1-2,9-11,13H2,(H2,25,31,32)/t19-,20-,21+,22-,23+/m1/s1. The summed E-state index contributed by atoms with van der Waals surface area (Å²) >= 11 is 6.39. The van der Waals surface area contributed by atoms with E-state index in [1.165, 1.54) is 0 Å². The minimum Gasteiger partial charge on any atom is -0.494 e. The van der Waals surface area contributed by atoms with Crippen LogP contribution in [0.15, 0.2) is 42.5 Å². The SMILES string of the molecule is NS(=O)(=O)NCCCCOc1ccc(Cc2cc([C@@H]3O[C@H](CO)[C@@H](O)[C@H](O)[C@H]3O)ccc2Cl)cc1. The highest BCUT2D eigenvalue weighted by atomic mass is 35.5. The smallest absolute Gasteiger partial charge is 0.274 e. The van der Waals surface area contributed by atoms with Crippen LogP contribution in [0.5, 0.6) is 5.75 Å². The van der Waals surface area contributed by atoms with Gasteiger partial charge in [0.05, 0.1) is 13.2 Å². The third kappa shape index (κ3) is 7.84. The molecule has 0 bridgehead atoms. The molecule has 1 saturated heterocycles. The summed E-state index contributed by atoms with van der Waals surface area (Å²) in [5.74, 6) is 0.675. The molecule has 5 atom stereocenters. The van der Waals surface area contributed by atoms with Crippen molar-refractivity contribution in [3.63, 3.8) is 0 Å². The Morgan fingerprint density at radius 1 is 1.03 bits per heavy atom. The Morgan fingerprint density at radius 3 is 2.40 bits per heavy atom. The summed E-state index contributed by atoms with van der Waals surface area (Å²) in [6, 6.07) is 12.6. The molecule has 0 unspecified atom stereocenters. The molecule has 0 radical (unpaired) electrons. The molecule has 3 rings (SSSR count). The Balaban J connectivity index is 1.59. The van der Waals surface area contributed by atoms with E-state index in [2.05, 4.69) is 4.72 Å². The van der Waals surface area contributed by atoms with Crippen molar-refractivity contribution >= 4 is 21.8 Å². The Labute approximate surface area is 209 Å². The largest absolute Gasteiger partial charge is 0.494 e. The number of rotatable bonds is 11. The number of hydrogen-bond donors (Lipinski definition) is 6. The molecule has 0 spiro atoms. The lowest BCUT2D eigenvalue weighted by atomic mass is 9.90. The van der Waals surface area contributed by atoms with Gasteiger partial charge in [-0.25, -0.2) is 9.86 Å². The molecule has 0 aromatic heterocycles. The zero-order valence-electron chi connectivity index (χ0n) is 19.0. The number of unbranched alkanes of at least 4 members (excludes halogenated alkanes) is 1. The molecule has 12 heteroatoms. The normalized spacial score (nSPS) is 24.9. The number of aliphatic hydroxyl groups is 4. The fourth-order valence-electron chi connectivity index (χ4n) is 3.84. The van der Waals surface area contributed by atoms with Gasteiger partial charge in [-0.05, 0) is 54.2 Å². The Hall–Kier alpha value is -1.80. The van der Waals surface area contributed by atoms with E-state index in [0.717, 1.165) is 11.1 Å². The molecule has 1 fully saturated rings. The average Bonchev–Trinajstić information content (AvgIpc) is 2.82. The number of ether oxygens (including phenoxy) is 2. The van der Waals surface area contributed by atoms with Gasteiger partial charge >= 0.3 is 0 Å². The molecule has 1 aliphatic rings. The minimum atomic E-state index is -3.67. The highest BCUT2D eigenvalue weighted by Gasteiger charge is 2.44. The summed E-state index contributed by atoms with van der Waals surface area (Å²) in [5.41, 5.74) is 2.30. The molecule has 0 aliphatic carbocycles. The third-order valence-electron chi connectivity index (χ3n) is 5.75. The van der Waals surface area contributed by atoms with Crippen LogP contribution in [0.4, 0.5) is 0 Å². The van der Waals surface area contributed by atoms with Gasteiger partial charge < -0.3 is 29.9 Å². The molecule has 194 valence electrons. The number of aliphatic hydroxyl groups excluding tert-OH is 4. The second-order valence-corrected chi connectivity index (χ2v) is 10.2. The first-order valence-corrected chi connectivity index (χ1v) is 13.1. The first-order chi connectivity index (χ1) is 16.6. The summed E-state index contributed by atoms with van der Waals surface area (Å²) < 4.78 is 35.2. The van der Waals surface area contributed by atoms with Gasteiger partial charge in [0, 0.05) is 11.6 Å². The van der Waals surface area contributed by atoms with E-state index in [0.29, 0.717) is 42.2 Å². The summed E-state index contributed by atoms with van der Waals surface area (Å²) in [4.78, 5) is 0. The van der Waals surface area contributed by atoms with Gasteiger partial charge in [-0.15, -0.1) is 0 Å². The van der Waals surface area contributed by atoms with Crippen LogP contribution < -0.4 is 14.6 Å². The number of nitrogens with two attached hydrogens (primary N) is 1. The highest BCUT2D eigenvalue weighted by molar-refractivity contribution is 7.87. The zero-order valence-corrected chi connectivity index (χ0v) is 20.5. The van der Waals surface area contributed by atoms with Crippen LogP contribution in [0.3, 0.4) is 0 Å². The molecule has 1 heterocycles. The lowest BCUT2D eigenvalue weighted by molar-refractivity contribution is -0.231. The second-order valence-electron chi connectivity index (χ2n) is 8.42. The maximum Gasteiger partial charge on any atom is 0.274 e. The highest BCUT2D eigenvalue weighted by Crippen LogP contribution is 2.34. The molecule has 2 aromatic rings. The predicted molar refractivity (Wildman–Crippen MR) is 129 cm³/mol. The molecule has 35 heavy (non-hydrogen) atoms. The van der Waals surface area contributed by atoms with Crippen molar-refractivity contribution in [2.24, 2.45) is 5.14 Å². The van der Waals surface area contributed by atoms with Crippen molar-refractivity contribution in [2.45, 2.75) is 49.8 Å². The first-order valence-electron chi connectivity index (χ1n) is 11.2. The molecule has 0 saturated carbocycles. The summed E-state index contributed by atoms with van der Waals surface area (Å²) in [6.07, 6.45) is -4.42. The minimum absolute atomic E-state index is 0.254. The number of hydrogen-bond acceptors (Lipinski definition) is 8. The predicted octanol–water partition coefficient (Wildman–Crippen LogP) is 0.398. The molecular formula is C23H31ClN2O8S. The van der Waals surface area contributed by atoms with E-state index in [9.17, 15) is 28.8 Å². The molecule has 7 N–H and O–H groups in total. The van der Waals surface area contributed by atoms with Crippen molar-refractivity contribution in [3.8, 4) is 5.75 Å². The van der Waals surface area contributed by atoms with E-state index >= 15 is 0 Å². The Kier molecular flexibility index (Phi) is 9.87. The van der Waals surface area contributed by atoms with Crippen LogP contribution in [0.2, 0.25) is 5.02 Å². The van der Waals surface area contributed by atoms with Crippen molar-refractivity contribution in [1.29, 1.82) is 0 Å². The summed E-state index contributed by atoms with van der Waals surface area (Å²) in [6.45, 7) is 0.186. The van der Waals surface area contributed by atoms with Gasteiger partial charge in [0.2, 0.25) is 0 Å². The number of nitrogens with one attached hydrogen (secondary N) is 1. The van der Waals surface area contributed by atoms with Crippen LogP contribution in [-0.4, -0.2) is 73.0 Å². The van der Waals surface area contributed by atoms with Crippen LogP contribution >= 0.6 is 11.6 Å². The van der Waals surface area contributed by atoms with E-state index in [1.807, 2.05) is 24.3 Å². The lowest BCUT2D eigenvalue weighted by Gasteiger charge is -2.40. The van der Waals surface area contributed by atoms with Gasteiger partial charge in [0.25, 0.3) is 10.2 Å². The van der Waals surface area contributed by atoms with E-state index in [-0.39, 0.29) is 6.54 Å². The molecule has 1 aliphatic heterocycles. The maximum atomic E-state index is 10.8. The second kappa shape index (κ2) is 12.4. The van der Waals surface area contributed by atoms with Gasteiger partial charge in [-0.2, -0.15) is 8.42 Å². The molecule has 10 nitrogen and oxygen atoms in total. The van der Waals surface area contributed by atoms with Crippen molar-refractivity contribution in [3.05, 3.63) is 64.2 Å². The topological polar surface area (TPSA) is 172 Å². The first kappa shape index (κ1) is 27.8. The third-order valence-corrected chi connectivity index (χ3v) is 6.73. The molecule has 0 amide bonds. The van der Waals surface area contributed by atoms with Crippen LogP contribution in [0.25, 0.3) is 0 Å². The quantitative estimate of drug-likeness (QED) is 0.226. The van der Waals surface area contributed by atoms with E-state index in [1.54, 1.807) is 18.2 Å². The average molecular weight is 531 g/mol. The van der Waals surface area contributed by atoms with Crippen molar-refractivity contribution in [2.75, 3.05) is 19.8 Å². The lowest BCUT2D eigenvalue weighted by Crippen LogP contribution is -2.55. The zero-order chi connectivity index (χ0) is 25.6. The molecule has 2 aromatic carbocycles. The van der Waals surface area contributed by atoms with Gasteiger partial charge in [-0.3, -0.25) is 0 Å². The Morgan fingerprint density at radius 2 is 1.74 bits per heavy atom. The van der Waals surface area contributed by atoms with Gasteiger partial charge in [-0.1, -0.05) is 35.9 Å². The summed E-state index contributed by atoms with van der Waals surface area (Å²) in [7, 11) is -3.67. The van der Waals surface area contributed by atoms with Crippen molar-refractivity contribution < 1.29 is 38.3 Å². The summed E-state index contributed by atoms with van der Waals surface area (Å²) in [5, 5.41) is 45.3. The Bertz CT molecular complexity index is 1070. The molecular weight excluding hydrogens is 500 g/mol. The van der Waals surface area contributed by atoms with Crippen LogP contribution in [-0.2, 0) is 21.4 Å².